The van der Waals surface area contributed by atoms with Crippen molar-refractivity contribution < 1.29 is 4.74 Å². The summed E-state index contributed by atoms with van der Waals surface area (Å²) < 4.78 is 5.47. The molecule has 1 rings (SSSR count). The van der Waals surface area contributed by atoms with Crippen LogP contribution in [0.3, 0.4) is 0 Å². The van der Waals surface area contributed by atoms with E-state index in [0.717, 1.165) is 25.4 Å². The molecule has 0 aromatic heterocycles. The molecule has 3 N–H and O–H groups in total. The average Bonchev–Trinajstić information content (AvgIpc) is 2.35. The average molecular weight is 256 g/mol. The molecule has 0 saturated heterocycles. The Bertz CT molecular complexity index is 231. The summed E-state index contributed by atoms with van der Waals surface area (Å²) in [5.41, 5.74) is 5.91. The molecule has 3 atom stereocenters. The van der Waals surface area contributed by atoms with Gasteiger partial charge < -0.3 is 15.8 Å². The van der Waals surface area contributed by atoms with Crippen molar-refractivity contribution in [3.05, 3.63) is 0 Å². The summed E-state index contributed by atoms with van der Waals surface area (Å²) in [4.78, 5) is 0. The van der Waals surface area contributed by atoms with Gasteiger partial charge in [0.2, 0.25) is 0 Å². The summed E-state index contributed by atoms with van der Waals surface area (Å²) >= 11 is 0. The van der Waals surface area contributed by atoms with Gasteiger partial charge in [-0.1, -0.05) is 27.2 Å². The first-order chi connectivity index (χ1) is 8.56. The normalized spacial score (nSPS) is 27.8. The molecule has 0 spiro atoms. The zero-order valence-electron chi connectivity index (χ0n) is 12.7. The summed E-state index contributed by atoms with van der Waals surface area (Å²) in [5.74, 6) is 0.818. The van der Waals surface area contributed by atoms with Gasteiger partial charge in [0.25, 0.3) is 0 Å². The molecule has 3 heteroatoms. The Labute approximate surface area is 113 Å². The van der Waals surface area contributed by atoms with E-state index in [1.54, 1.807) is 0 Å². The Morgan fingerprint density at radius 2 is 2.11 bits per heavy atom. The van der Waals surface area contributed by atoms with E-state index >= 15 is 0 Å². The molecule has 3 unspecified atom stereocenters. The molecule has 1 fully saturated rings. The number of hydrogen-bond acceptors (Lipinski definition) is 3. The summed E-state index contributed by atoms with van der Waals surface area (Å²) in [6.07, 6.45) is 6.60. The molecule has 0 aliphatic heterocycles. The van der Waals surface area contributed by atoms with Crippen LogP contribution < -0.4 is 11.1 Å². The first-order valence-electron chi connectivity index (χ1n) is 7.52. The molecule has 0 radical (unpaired) electrons. The van der Waals surface area contributed by atoms with Crippen LogP contribution in [0.5, 0.6) is 0 Å². The van der Waals surface area contributed by atoms with Gasteiger partial charge in [-0.25, -0.2) is 0 Å². The van der Waals surface area contributed by atoms with Gasteiger partial charge in [-0.3, -0.25) is 0 Å². The molecule has 0 bridgehead atoms. The van der Waals surface area contributed by atoms with Crippen molar-refractivity contribution in [1.82, 2.24) is 5.32 Å². The molecule has 18 heavy (non-hydrogen) atoms. The SMILES string of the molecule is CCC(CCN)CCCNC1CC(OC)C1(C)C. The fraction of sp³-hybridized carbons (Fsp3) is 1.00. The third-order valence-electron chi connectivity index (χ3n) is 4.79. The van der Waals surface area contributed by atoms with E-state index in [0.29, 0.717) is 12.1 Å². The van der Waals surface area contributed by atoms with Crippen LogP contribution in [0.2, 0.25) is 0 Å². The van der Waals surface area contributed by atoms with Crippen molar-refractivity contribution >= 4 is 0 Å². The molecule has 0 aromatic rings. The lowest BCUT2D eigenvalue weighted by Crippen LogP contribution is -2.60. The van der Waals surface area contributed by atoms with Crippen LogP contribution in [0.15, 0.2) is 0 Å². The number of ether oxygens (including phenoxy) is 1. The van der Waals surface area contributed by atoms with E-state index < -0.39 is 0 Å². The molecule has 0 amide bonds. The van der Waals surface area contributed by atoms with Crippen LogP contribution in [-0.2, 0) is 4.74 Å². The molecule has 0 heterocycles. The predicted molar refractivity (Wildman–Crippen MR) is 77.7 cm³/mol. The molecular formula is C15H32N2O. The summed E-state index contributed by atoms with van der Waals surface area (Å²) in [7, 11) is 1.82. The molecule has 108 valence electrons. The Morgan fingerprint density at radius 1 is 1.39 bits per heavy atom. The summed E-state index contributed by atoms with van der Waals surface area (Å²) in [6, 6.07) is 0.622. The Balaban J connectivity index is 2.12. The smallest absolute Gasteiger partial charge is 0.0652 e. The van der Waals surface area contributed by atoms with Gasteiger partial charge in [0.15, 0.2) is 0 Å². The second kappa shape index (κ2) is 7.46. The van der Waals surface area contributed by atoms with Crippen molar-refractivity contribution in [1.29, 1.82) is 0 Å². The highest BCUT2D eigenvalue weighted by Crippen LogP contribution is 2.42. The zero-order chi connectivity index (χ0) is 13.6. The molecule has 1 saturated carbocycles. The van der Waals surface area contributed by atoms with Crippen molar-refractivity contribution in [2.45, 2.75) is 65.0 Å². The van der Waals surface area contributed by atoms with E-state index in [2.05, 4.69) is 26.1 Å². The highest BCUT2D eigenvalue weighted by Gasteiger charge is 2.47. The second-order valence-corrected chi connectivity index (χ2v) is 6.28. The predicted octanol–water partition coefficient (Wildman–Crippen LogP) is 2.54. The zero-order valence-corrected chi connectivity index (χ0v) is 12.7. The standard InChI is InChI=1S/C15H32N2O/c1-5-12(8-9-16)7-6-10-17-13-11-14(18-4)15(13,2)3/h12-14,17H,5-11,16H2,1-4H3. The van der Waals surface area contributed by atoms with Gasteiger partial charge >= 0.3 is 0 Å². The van der Waals surface area contributed by atoms with Gasteiger partial charge in [0, 0.05) is 18.6 Å². The first-order valence-corrected chi connectivity index (χ1v) is 7.52. The van der Waals surface area contributed by atoms with Gasteiger partial charge in [-0.05, 0) is 44.7 Å². The summed E-state index contributed by atoms with van der Waals surface area (Å²) in [5, 5.41) is 3.68. The Kier molecular flexibility index (Phi) is 6.61. The van der Waals surface area contributed by atoms with Crippen LogP contribution in [0.4, 0.5) is 0 Å². The lowest BCUT2D eigenvalue weighted by atomic mass is 9.64. The van der Waals surface area contributed by atoms with E-state index in [9.17, 15) is 0 Å². The lowest BCUT2D eigenvalue weighted by molar-refractivity contribution is -0.0973. The number of nitrogens with one attached hydrogen (secondary N) is 1. The number of hydrogen-bond donors (Lipinski definition) is 2. The quantitative estimate of drug-likeness (QED) is 0.623. The van der Waals surface area contributed by atoms with E-state index in [4.69, 9.17) is 10.5 Å². The topological polar surface area (TPSA) is 47.3 Å². The van der Waals surface area contributed by atoms with Crippen molar-refractivity contribution in [3.8, 4) is 0 Å². The fourth-order valence-corrected chi connectivity index (χ4v) is 3.09. The van der Waals surface area contributed by atoms with Gasteiger partial charge in [0.05, 0.1) is 6.10 Å². The van der Waals surface area contributed by atoms with Crippen LogP contribution in [0.25, 0.3) is 0 Å². The highest BCUT2D eigenvalue weighted by molar-refractivity contribution is 5.02. The van der Waals surface area contributed by atoms with E-state index in [1.807, 2.05) is 7.11 Å². The molecule has 0 aromatic carbocycles. The fourth-order valence-electron chi connectivity index (χ4n) is 3.09. The summed E-state index contributed by atoms with van der Waals surface area (Å²) in [6.45, 7) is 8.83. The number of nitrogens with two attached hydrogens (primary N) is 1. The van der Waals surface area contributed by atoms with Crippen molar-refractivity contribution in [2.24, 2.45) is 17.1 Å². The third kappa shape index (κ3) is 3.94. The molecular weight excluding hydrogens is 224 g/mol. The number of rotatable bonds is 9. The minimum atomic E-state index is 0.288. The minimum absolute atomic E-state index is 0.288. The molecule has 1 aliphatic rings. The highest BCUT2D eigenvalue weighted by atomic mass is 16.5. The lowest BCUT2D eigenvalue weighted by Gasteiger charge is -2.51. The van der Waals surface area contributed by atoms with Crippen LogP contribution >= 0.6 is 0 Å². The maximum Gasteiger partial charge on any atom is 0.0652 e. The maximum atomic E-state index is 5.62. The van der Waals surface area contributed by atoms with E-state index in [1.165, 1.54) is 25.7 Å². The molecule has 1 aliphatic carbocycles. The Morgan fingerprint density at radius 3 is 2.61 bits per heavy atom. The van der Waals surface area contributed by atoms with Crippen molar-refractivity contribution in [3.63, 3.8) is 0 Å². The second-order valence-electron chi connectivity index (χ2n) is 6.28. The largest absolute Gasteiger partial charge is 0.381 e. The van der Waals surface area contributed by atoms with E-state index in [-0.39, 0.29) is 5.41 Å². The van der Waals surface area contributed by atoms with Gasteiger partial charge in [-0.2, -0.15) is 0 Å². The minimum Gasteiger partial charge on any atom is -0.381 e. The number of methoxy groups -OCH3 is 1. The third-order valence-corrected chi connectivity index (χ3v) is 4.79. The maximum absolute atomic E-state index is 5.62. The first kappa shape index (κ1) is 15.9. The van der Waals surface area contributed by atoms with Gasteiger partial charge in [0.1, 0.15) is 0 Å². The van der Waals surface area contributed by atoms with Gasteiger partial charge in [-0.15, -0.1) is 0 Å². The monoisotopic (exact) mass is 256 g/mol. The molecule has 3 nitrogen and oxygen atoms in total. The van der Waals surface area contributed by atoms with Crippen LogP contribution in [0.1, 0.15) is 52.9 Å². The van der Waals surface area contributed by atoms with Crippen molar-refractivity contribution in [2.75, 3.05) is 20.2 Å². The van der Waals surface area contributed by atoms with Crippen LogP contribution in [0, 0.1) is 11.3 Å². The Hall–Kier alpha value is -0.120. The van der Waals surface area contributed by atoms with Crippen LogP contribution in [-0.4, -0.2) is 32.3 Å².